The first-order chi connectivity index (χ1) is 12.7. The maximum Gasteiger partial charge on any atom is 0.269 e. The molecule has 136 valence electrons. The van der Waals surface area contributed by atoms with Crippen LogP contribution in [-0.2, 0) is 16.1 Å². The van der Waals surface area contributed by atoms with Crippen molar-refractivity contribution in [2.45, 2.75) is 38.6 Å². The SMILES string of the molecule is C[C@H]1Oc2ccccc2O[C@H]1C(=O)Nc1cccc(COCC2CC2)c1. The number of carbonyl (C=O) groups is 1. The predicted molar refractivity (Wildman–Crippen MR) is 98.4 cm³/mol. The van der Waals surface area contributed by atoms with E-state index in [0.717, 1.165) is 23.8 Å². The summed E-state index contributed by atoms with van der Waals surface area (Å²) in [4.78, 5) is 12.7. The normalized spacial score (nSPS) is 21.3. The third-order valence-corrected chi connectivity index (χ3v) is 4.61. The molecule has 1 aliphatic carbocycles. The van der Waals surface area contributed by atoms with Gasteiger partial charge in [0.25, 0.3) is 5.91 Å². The number of para-hydroxylation sites is 2. The summed E-state index contributed by atoms with van der Waals surface area (Å²) in [5, 5.41) is 2.93. The summed E-state index contributed by atoms with van der Waals surface area (Å²) < 4.78 is 17.4. The zero-order valence-corrected chi connectivity index (χ0v) is 14.8. The fourth-order valence-corrected chi connectivity index (χ4v) is 2.99. The van der Waals surface area contributed by atoms with E-state index in [1.54, 1.807) is 6.07 Å². The number of hydrogen-bond acceptors (Lipinski definition) is 4. The van der Waals surface area contributed by atoms with E-state index in [1.165, 1.54) is 12.8 Å². The highest BCUT2D eigenvalue weighted by atomic mass is 16.6. The van der Waals surface area contributed by atoms with Gasteiger partial charge in [0, 0.05) is 12.3 Å². The second-order valence-corrected chi connectivity index (χ2v) is 6.96. The number of fused-ring (bicyclic) bond motifs is 1. The molecule has 0 spiro atoms. The molecule has 2 aromatic carbocycles. The van der Waals surface area contributed by atoms with Crippen LogP contribution in [0.15, 0.2) is 48.5 Å². The number of rotatable bonds is 6. The highest BCUT2D eigenvalue weighted by molar-refractivity contribution is 5.95. The Balaban J connectivity index is 1.38. The van der Waals surface area contributed by atoms with Gasteiger partial charge in [0.05, 0.1) is 6.61 Å². The van der Waals surface area contributed by atoms with Crippen molar-refractivity contribution in [1.82, 2.24) is 0 Å². The fourth-order valence-electron chi connectivity index (χ4n) is 2.99. The first-order valence-electron chi connectivity index (χ1n) is 9.09. The summed E-state index contributed by atoms with van der Waals surface area (Å²) in [5.41, 5.74) is 1.78. The Morgan fingerprint density at radius 2 is 1.88 bits per heavy atom. The lowest BCUT2D eigenvalue weighted by molar-refractivity contribution is -0.128. The van der Waals surface area contributed by atoms with Crippen LogP contribution in [0, 0.1) is 5.92 Å². The molecule has 1 heterocycles. The molecule has 1 aliphatic heterocycles. The molecule has 26 heavy (non-hydrogen) atoms. The van der Waals surface area contributed by atoms with Gasteiger partial charge in [0.2, 0.25) is 6.10 Å². The molecule has 4 rings (SSSR count). The zero-order valence-electron chi connectivity index (χ0n) is 14.8. The van der Waals surface area contributed by atoms with Crippen molar-refractivity contribution in [3.63, 3.8) is 0 Å². The second kappa shape index (κ2) is 7.38. The molecule has 0 aromatic heterocycles. The Bertz CT molecular complexity index is 787. The molecule has 2 aromatic rings. The van der Waals surface area contributed by atoms with Crippen LogP contribution >= 0.6 is 0 Å². The molecule has 1 N–H and O–H groups in total. The zero-order chi connectivity index (χ0) is 17.9. The van der Waals surface area contributed by atoms with Crippen LogP contribution in [0.3, 0.4) is 0 Å². The van der Waals surface area contributed by atoms with Gasteiger partial charge in [-0.2, -0.15) is 0 Å². The van der Waals surface area contributed by atoms with Crippen molar-refractivity contribution in [3.05, 3.63) is 54.1 Å². The average Bonchev–Trinajstić information content (AvgIpc) is 3.46. The monoisotopic (exact) mass is 353 g/mol. The molecule has 5 nitrogen and oxygen atoms in total. The molecular formula is C21H23NO4. The van der Waals surface area contributed by atoms with Crippen molar-refractivity contribution in [3.8, 4) is 11.5 Å². The topological polar surface area (TPSA) is 56.8 Å². The molecule has 0 bridgehead atoms. The molecule has 1 amide bonds. The molecule has 0 saturated heterocycles. The Morgan fingerprint density at radius 3 is 2.65 bits per heavy atom. The minimum atomic E-state index is -0.695. The van der Waals surface area contributed by atoms with Crippen LogP contribution in [0.5, 0.6) is 11.5 Å². The van der Waals surface area contributed by atoms with Gasteiger partial charge in [-0.25, -0.2) is 0 Å². The van der Waals surface area contributed by atoms with Crippen LogP contribution in [0.4, 0.5) is 5.69 Å². The van der Waals surface area contributed by atoms with Gasteiger partial charge in [-0.05, 0) is 55.5 Å². The molecule has 1 saturated carbocycles. The van der Waals surface area contributed by atoms with E-state index < -0.39 is 6.10 Å². The average molecular weight is 353 g/mol. The number of hydrogen-bond donors (Lipinski definition) is 1. The Labute approximate surface area is 153 Å². The van der Waals surface area contributed by atoms with Crippen molar-refractivity contribution in [1.29, 1.82) is 0 Å². The summed E-state index contributed by atoms with van der Waals surface area (Å²) in [7, 11) is 0. The van der Waals surface area contributed by atoms with Gasteiger partial charge in [-0.3, -0.25) is 4.79 Å². The molecule has 2 atom stereocenters. The summed E-state index contributed by atoms with van der Waals surface area (Å²) >= 11 is 0. The fraction of sp³-hybridized carbons (Fsp3) is 0.381. The smallest absolute Gasteiger partial charge is 0.269 e. The lowest BCUT2D eigenvalue weighted by atomic mass is 10.1. The van der Waals surface area contributed by atoms with E-state index >= 15 is 0 Å². The van der Waals surface area contributed by atoms with E-state index in [4.69, 9.17) is 14.2 Å². The maximum absolute atomic E-state index is 12.7. The predicted octanol–water partition coefficient (Wildman–Crippen LogP) is 3.78. The van der Waals surface area contributed by atoms with E-state index in [1.807, 2.05) is 49.4 Å². The largest absolute Gasteiger partial charge is 0.482 e. The number of anilines is 1. The van der Waals surface area contributed by atoms with Gasteiger partial charge in [-0.15, -0.1) is 0 Å². The Morgan fingerprint density at radius 1 is 1.12 bits per heavy atom. The van der Waals surface area contributed by atoms with Gasteiger partial charge in [-0.1, -0.05) is 24.3 Å². The first kappa shape index (κ1) is 16.9. The van der Waals surface area contributed by atoms with Crippen molar-refractivity contribution in [2.24, 2.45) is 5.92 Å². The highest BCUT2D eigenvalue weighted by Gasteiger charge is 2.34. The van der Waals surface area contributed by atoms with Crippen molar-refractivity contribution in [2.75, 3.05) is 11.9 Å². The third-order valence-electron chi connectivity index (χ3n) is 4.61. The van der Waals surface area contributed by atoms with Gasteiger partial charge in [0.1, 0.15) is 6.10 Å². The van der Waals surface area contributed by atoms with Gasteiger partial charge >= 0.3 is 0 Å². The lowest BCUT2D eigenvalue weighted by Gasteiger charge is -2.31. The van der Waals surface area contributed by atoms with Crippen LogP contribution in [0.1, 0.15) is 25.3 Å². The standard InChI is InChI=1S/C21H23NO4/c1-14-20(26-19-8-3-2-7-18(19)25-14)21(23)22-17-6-4-5-16(11-17)13-24-12-15-9-10-15/h2-8,11,14-15,20H,9-10,12-13H2,1H3,(H,22,23)/t14-,20-/m1/s1. The Hall–Kier alpha value is -2.53. The quantitative estimate of drug-likeness (QED) is 0.859. The molecule has 0 radical (unpaired) electrons. The van der Waals surface area contributed by atoms with Crippen molar-refractivity contribution < 1.29 is 19.0 Å². The van der Waals surface area contributed by atoms with E-state index in [2.05, 4.69) is 5.32 Å². The summed E-state index contributed by atoms with van der Waals surface area (Å²) in [6.07, 6.45) is 1.50. The van der Waals surface area contributed by atoms with Crippen LogP contribution in [-0.4, -0.2) is 24.7 Å². The summed E-state index contributed by atoms with van der Waals surface area (Å²) in [6, 6.07) is 15.1. The molecule has 0 unspecified atom stereocenters. The third kappa shape index (κ3) is 3.99. The maximum atomic E-state index is 12.7. The molecule has 5 heteroatoms. The summed E-state index contributed by atoms with van der Waals surface area (Å²) in [6.45, 7) is 3.22. The van der Waals surface area contributed by atoms with Gasteiger partial charge < -0.3 is 19.5 Å². The Kier molecular flexibility index (Phi) is 4.80. The second-order valence-electron chi connectivity index (χ2n) is 6.96. The van der Waals surface area contributed by atoms with Crippen LogP contribution in [0.25, 0.3) is 0 Å². The first-order valence-corrected chi connectivity index (χ1v) is 9.09. The number of nitrogens with one attached hydrogen (secondary N) is 1. The number of benzene rings is 2. The minimum Gasteiger partial charge on any atom is -0.482 e. The molecule has 2 aliphatic rings. The number of amides is 1. The van der Waals surface area contributed by atoms with Crippen LogP contribution < -0.4 is 14.8 Å². The van der Waals surface area contributed by atoms with E-state index in [9.17, 15) is 4.79 Å². The number of ether oxygens (including phenoxy) is 3. The number of carbonyl (C=O) groups excluding carboxylic acids is 1. The van der Waals surface area contributed by atoms with Crippen LogP contribution in [0.2, 0.25) is 0 Å². The van der Waals surface area contributed by atoms with E-state index in [0.29, 0.717) is 18.1 Å². The molecule has 1 fully saturated rings. The minimum absolute atomic E-state index is 0.219. The summed E-state index contributed by atoms with van der Waals surface area (Å²) in [5.74, 6) is 1.78. The molecular weight excluding hydrogens is 330 g/mol. The van der Waals surface area contributed by atoms with E-state index in [-0.39, 0.29) is 12.0 Å². The van der Waals surface area contributed by atoms with Crippen molar-refractivity contribution >= 4 is 11.6 Å². The highest BCUT2D eigenvalue weighted by Crippen LogP contribution is 2.33. The lowest BCUT2D eigenvalue weighted by Crippen LogP contribution is -2.46. The van der Waals surface area contributed by atoms with Gasteiger partial charge in [0.15, 0.2) is 11.5 Å².